The number of pyridine rings is 2. The van der Waals surface area contributed by atoms with Crippen molar-refractivity contribution in [2.24, 2.45) is 0 Å². The molecule has 0 saturated heterocycles. The van der Waals surface area contributed by atoms with Crippen molar-refractivity contribution in [3.8, 4) is 11.6 Å². The number of para-hydroxylation sites is 2. The van der Waals surface area contributed by atoms with Crippen molar-refractivity contribution in [2.75, 3.05) is 5.32 Å². The largest absolute Gasteiger partial charge is 0.435 e. The Morgan fingerprint density at radius 3 is 2.68 bits per heavy atom. The molecule has 1 N–H and O–H groups in total. The highest BCUT2D eigenvalue weighted by atomic mass is 35.5. The van der Waals surface area contributed by atoms with Gasteiger partial charge < -0.3 is 10.1 Å². The molecule has 1 amide bonds. The number of anilines is 1. The monoisotopic (exact) mass is 373 g/mol. The summed E-state index contributed by atoms with van der Waals surface area (Å²) >= 11 is 11.9. The molecule has 3 rings (SSSR count). The average molecular weight is 374 g/mol. The van der Waals surface area contributed by atoms with Gasteiger partial charge >= 0.3 is 0 Å². The van der Waals surface area contributed by atoms with Crippen molar-refractivity contribution in [3.63, 3.8) is 0 Å². The summed E-state index contributed by atoms with van der Waals surface area (Å²) in [5, 5.41) is 3.46. The first-order valence-electron chi connectivity index (χ1n) is 7.36. The maximum Gasteiger partial charge on any atom is 0.274 e. The molecule has 0 unspecified atom stereocenters. The van der Waals surface area contributed by atoms with Crippen LogP contribution >= 0.6 is 23.2 Å². The zero-order chi connectivity index (χ0) is 17.8. The zero-order valence-electron chi connectivity index (χ0n) is 13.2. The Morgan fingerprint density at radius 1 is 1.12 bits per heavy atom. The van der Waals surface area contributed by atoms with Crippen LogP contribution < -0.4 is 10.1 Å². The van der Waals surface area contributed by atoms with Crippen molar-refractivity contribution >= 4 is 34.8 Å². The van der Waals surface area contributed by atoms with Crippen molar-refractivity contribution in [1.82, 2.24) is 9.97 Å². The van der Waals surface area contributed by atoms with Crippen molar-refractivity contribution in [1.29, 1.82) is 0 Å². The van der Waals surface area contributed by atoms with Gasteiger partial charge in [-0.05, 0) is 37.3 Å². The van der Waals surface area contributed by atoms with Gasteiger partial charge in [-0.3, -0.25) is 4.79 Å². The van der Waals surface area contributed by atoms with Crippen LogP contribution in [0.5, 0.6) is 11.6 Å². The zero-order valence-corrected chi connectivity index (χ0v) is 14.7. The number of benzene rings is 1. The van der Waals surface area contributed by atoms with Gasteiger partial charge in [-0.1, -0.05) is 41.4 Å². The third-order valence-electron chi connectivity index (χ3n) is 3.24. The van der Waals surface area contributed by atoms with Crippen LogP contribution in [0, 0.1) is 6.92 Å². The Hall–Kier alpha value is -2.63. The number of hydrogen-bond donors (Lipinski definition) is 1. The van der Waals surface area contributed by atoms with E-state index in [1.54, 1.807) is 36.4 Å². The van der Waals surface area contributed by atoms with E-state index in [0.29, 0.717) is 22.2 Å². The van der Waals surface area contributed by atoms with Gasteiger partial charge in [0.15, 0.2) is 5.75 Å². The molecule has 2 aromatic heterocycles. The lowest BCUT2D eigenvalue weighted by molar-refractivity contribution is 0.102. The normalized spacial score (nSPS) is 10.4. The van der Waals surface area contributed by atoms with Crippen LogP contribution in [-0.2, 0) is 0 Å². The lowest BCUT2D eigenvalue weighted by Gasteiger charge is -2.12. The summed E-state index contributed by atoms with van der Waals surface area (Å²) in [6.45, 7) is 1.82. The van der Waals surface area contributed by atoms with E-state index < -0.39 is 0 Å². The Kier molecular flexibility index (Phi) is 5.16. The highest BCUT2D eigenvalue weighted by molar-refractivity contribution is 6.35. The molecule has 25 heavy (non-hydrogen) atoms. The van der Waals surface area contributed by atoms with Gasteiger partial charge in [-0.15, -0.1) is 0 Å². The molecule has 0 bridgehead atoms. The SMILES string of the molecule is Cc1cccc(C(=O)Nc2ccccc2Oc2ncc(Cl)cc2Cl)n1. The topological polar surface area (TPSA) is 64.1 Å². The maximum atomic E-state index is 12.4. The van der Waals surface area contributed by atoms with Gasteiger partial charge in [0.2, 0.25) is 5.88 Å². The summed E-state index contributed by atoms with van der Waals surface area (Å²) in [6.07, 6.45) is 1.43. The number of hydrogen-bond acceptors (Lipinski definition) is 4. The van der Waals surface area contributed by atoms with Crippen LogP contribution in [0.4, 0.5) is 5.69 Å². The first kappa shape index (κ1) is 17.2. The number of aryl methyl sites for hydroxylation is 1. The Morgan fingerprint density at radius 2 is 1.92 bits per heavy atom. The fourth-order valence-electron chi connectivity index (χ4n) is 2.10. The molecule has 0 radical (unpaired) electrons. The van der Waals surface area contributed by atoms with Gasteiger partial charge in [-0.25, -0.2) is 9.97 Å². The number of carbonyl (C=O) groups is 1. The average Bonchev–Trinajstić information content (AvgIpc) is 2.59. The molecule has 0 spiro atoms. The van der Waals surface area contributed by atoms with E-state index in [4.69, 9.17) is 27.9 Å². The molecule has 0 aliphatic rings. The Bertz CT molecular complexity index is 932. The number of aromatic nitrogens is 2. The molecule has 0 aliphatic heterocycles. The molecule has 0 fully saturated rings. The number of amides is 1. The van der Waals surface area contributed by atoms with Crippen LogP contribution in [0.2, 0.25) is 10.0 Å². The second kappa shape index (κ2) is 7.51. The molecule has 1 aromatic carbocycles. The summed E-state index contributed by atoms with van der Waals surface area (Å²) in [7, 11) is 0. The number of nitrogens with one attached hydrogen (secondary N) is 1. The van der Waals surface area contributed by atoms with Crippen LogP contribution in [0.3, 0.4) is 0 Å². The van der Waals surface area contributed by atoms with Gasteiger partial charge in [0.1, 0.15) is 10.7 Å². The highest BCUT2D eigenvalue weighted by Gasteiger charge is 2.13. The summed E-state index contributed by atoms with van der Waals surface area (Å²) in [5.41, 5.74) is 1.55. The van der Waals surface area contributed by atoms with Crippen LogP contribution in [0.25, 0.3) is 0 Å². The smallest absolute Gasteiger partial charge is 0.274 e. The number of ether oxygens (including phenoxy) is 1. The standard InChI is InChI=1S/C18H13Cl2N3O2/c1-11-5-4-7-15(22-11)17(24)23-14-6-2-3-8-16(14)25-18-13(20)9-12(19)10-21-18/h2-10H,1H3,(H,23,24). The van der Waals surface area contributed by atoms with Gasteiger partial charge in [0.05, 0.1) is 10.7 Å². The maximum absolute atomic E-state index is 12.4. The van der Waals surface area contributed by atoms with Gasteiger partial charge in [-0.2, -0.15) is 0 Å². The third-order valence-corrected chi connectivity index (χ3v) is 3.71. The Balaban J connectivity index is 1.84. The summed E-state index contributed by atoms with van der Waals surface area (Å²) < 4.78 is 5.72. The minimum atomic E-state index is -0.338. The lowest BCUT2D eigenvalue weighted by atomic mass is 10.2. The van der Waals surface area contributed by atoms with Crippen LogP contribution in [-0.4, -0.2) is 15.9 Å². The van der Waals surface area contributed by atoms with E-state index in [1.807, 2.05) is 13.0 Å². The van der Waals surface area contributed by atoms with E-state index in [1.165, 1.54) is 12.3 Å². The number of carbonyl (C=O) groups excluding carboxylic acids is 1. The van der Waals surface area contributed by atoms with Crippen molar-refractivity contribution in [3.05, 3.63) is 76.2 Å². The summed E-state index contributed by atoms with van der Waals surface area (Å²) in [4.78, 5) is 20.7. The lowest BCUT2D eigenvalue weighted by Crippen LogP contribution is -2.14. The highest BCUT2D eigenvalue weighted by Crippen LogP contribution is 2.33. The summed E-state index contributed by atoms with van der Waals surface area (Å²) in [5.74, 6) is 0.261. The van der Waals surface area contributed by atoms with E-state index in [-0.39, 0.29) is 16.8 Å². The predicted molar refractivity (Wildman–Crippen MR) is 97.7 cm³/mol. The van der Waals surface area contributed by atoms with E-state index in [9.17, 15) is 4.79 Å². The molecule has 0 atom stereocenters. The molecule has 5 nitrogen and oxygen atoms in total. The van der Waals surface area contributed by atoms with Gasteiger partial charge in [0.25, 0.3) is 5.91 Å². The second-order valence-electron chi connectivity index (χ2n) is 5.16. The number of rotatable bonds is 4. The fraction of sp³-hybridized carbons (Fsp3) is 0.0556. The molecule has 3 aromatic rings. The molecule has 7 heteroatoms. The van der Waals surface area contributed by atoms with Gasteiger partial charge in [0, 0.05) is 11.9 Å². The molecular formula is C18H13Cl2N3O2. The third kappa shape index (κ3) is 4.26. The van der Waals surface area contributed by atoms with Crippen molar-refractivity contribution < 1.29 is 9.53 Å². The molecule has 0 saturated carbocycles. The number of nitrogens with zero attached hydrogens (tertiary/aromatic N) is 2. The predicted octanol–water partition coefficient (Wildman–Crippen LogP) is 5.14. The minimum Gasteiger partial charge on any atom is -0.435 e. The first-order chi connectivity index (χ1) is 12.0. The minimum absolute atomic E-state index is 0.196. The van der Waals surface area contributed by atoms with Crippen LogP contribution in [0.1, 0.15) is 16.2 Å². The second-order valence-corrected chi connectivity index (χ2v) is 6.00. The van der Waals surface area contributed by atoms with E-state index in [0.717, 1.165) is 5.69 Å². The molecule has 126 valence electrons. The number of halogens is 2. The van der Waals surface area contributed by atoms with E-state index in [2.05, 4.69) is 15.3 Å². The molecule has 0 aliphatic carbocycles. The molecule has 2 heterocycles. The van der Waals surface area contributed by atoms with E-state index >= 15 is 0 Å². The summed E-state index contributed by atoms with van der Waals surface area (Å²) in [6, 6.07) is 13.7. The quantitative estimate of drug-likeness (QED) is 0.687. The van der Waals surface area contributed by atoms with Crippen molar-refractivity contribution in [2.45, 2.75) is 6.92 Å². The Labute approximate surface area is 154 Å². The fourth-order valence-corrected chi connectivity index (χ4v) is 2.51. The van der Waals surface area contributed by atoms with Crippen LogP contribution in [0.15, 0.2) is 54.7 Å². The molecular weight excluding hydrogens is 361 g/mol. The first-order valence-corrected chi connectivity index (χ1v) is 8.11.